The van der Waals surface area contributed by atoms with Crippen molar-refractivity contribution in [2.75, 3.05) is 0 Å². The first-order valence-electron chi connectivity index (χ1n) is 9.55. The van der Waals surface area contributed by atoms with Crippen LogP contribution in [0.15, 0.2) is 84.7 Å². The Labute approximate surface area is 175 Å². The molecule has 4 heteroatoms. The van der Waals surface area contributed by atoms with Gasteiger partial charge in [-0.2, -0.15) is 0 Å². The van der Waals surface area contributed by atoms with Crippen LogP contribution in [-0.4, -0.2) is 0 Å². The summed E-state index contributed by atoms with van der Waals surface area (Å²) in [6, 6.07) is 20.8. The lowest BCUT2D eigenvalue weighted by molar-refractivity contribution is 0.441. The SMILES string of the molecule is CC(C)C(C=C(F)Cc1ccc(F)c(Oc2ccccc2)c1)c1ccc(Cl)cc1. The van der Waals surface area contributed by atoms with Gasteiger partial charge in [0.05, 0.1) is 0 Å². The predicted molar refractivity (Wildman–Crippen MR) is 115 cm³/mol. The second-order valence-corrected chi connectivity index (χ2v) is 7.73. The summed E-state index contributed by atoms with van der Waals surface area (Å²) in [4.78, 5) is 0. The number of rotatable bonds is 7. The standard InChI is InChI=1S/C25H23ClF2O/c1-17(2)23(19-9-11-20(26)12-10-19)16-21(27)14-18-8-13-24(28)25(15-18)29-22-6-4-3-5-7-22/h3-13,15-17,23H,14H2,1-2H3. The summed E-state index contributed by atoms with van der Waals surface area (Å²) in [6.07, 6.45) is 1.71. The molecule has 0 saturated carbocycles. The van der Waals surface area contributed by atoms with Gasteiger partial charge < -0.3 is 4.74 Å². The largest absolute Gasteiger partial charge is 0.454 e. The number of allylic oxidation sites excluding steroid dienone is 2. The summed E-state index contributed by atoms with van der Waals surface area (Å²) in [5.74, 6) is 0.000730. The molecule has 0 aliphatic carbocycles. The summed E-state index contributed by atoms with van der Waals surface area (Å²) in [6.45, 7) is 4.10. The highest BCUT2D eigenvalue weighted by Crippen LogP contribution is 2.30. The van der Waals surface area contributed by atoms with Crippen LogP contribution in [0.5, 0.6) is 11.5 Å². The van der Waals surface area contributed by atoms with Crippen LogP contribution in [0.2, 0.25) is 5.02 Å². The molecule has 0 bridgehead atoms. The third-order valence-electron chi connectivity index (χ3n) is 4.67. The Morgan fingerprint density at radius 2 is 1.69 bits per heavy atom. The highest BCUT2D eigenvalue weighted by atomic mass is 35.5. The van der Waals surface area contributed by atoms with Crippen molar-refractivity contribution in [2.45, 2.75) is 26.2 Å². The van der Waals surface area contributed by atoms with E-state index in [0.717, 1.165) is 5.56 Å². The van der Waals surface area contributed by atoms with Crippen molar-refractivity contribution in [3.05, 3.63) is 107 Å². The molecule has 0 heterocycles. The number of halogens is 3. The fourth-order valence-corrected chi connectivity index (χ4v) is 3.28. The number of benzene rings is 3. The van der Waals surface area contributed by atoms with Crippen molar-refractivity contribution in [3.63, 3.8) is 0 Å². The maximum Gasteiger partial charge on any atom is 0.165 e. The van der Waals surface area contributed by atoms with E-state index in [1.807, 2.05) is 56.3 Å². The van der Waals surface area contributed by atoms with Crippen molar-refractivity contribution in [2.24, 2.45) is 5.92 Å². The third kappa shape index (κ3) is 5.91. The summed E-state index contributed by atoms with van der Waals surface area (Å²) < 4.78 is 34.5. The molecule has 0 aliphatic rings. The zero-order valence-electron chi connectivity index (χ0n) is 16.4. The molecule has 1 unspecified atom stereocenters. The summed E-state index contributed by atoms with van der Waals surface area (Å²) in [7, 11) is 0. The molecule has 1 atom stereocenters. The van der Waals surface area contributed by atoms with Crippen LogP contribution >= 0.6 is 11.6 Å². The number of hydrogen-bond acceptors (Lipinski definition) is 1. The van der Waals surface area contributed by atoms with Gasteiger partial charge in [0.1, 0.15) is 11.6 Å². The molecule has 0 amide bonds. The van der Waals surface area contributed by atoms with E-state index in [2.05, 4.69) is 0 Å². The van der Waals surface area contributed by atoms with Crippen LogP contribution in [-0.2, 0) is 6.42 Å². The van der Waals surface area contributed by atoms with E-state index in [0.29, 0.717) is 16.3 Å². The van der Waals surface area contributed by atoms with Gasteiger partial charge in [0.15, 0.2) is 11.6 Å². The van der Waals surface area contributed by atoms with Gasteiger partial charge in [0.25, 0.3) is 0 Å². The molecule has 0 aliphatic heterocycles. The average molecular weight is 413 g/mol. The Bertz CT molecular complexity index is 966. The van der Waals surface area contributed by atoms with Gasteiger partial charge in [-0.1, -0.05) is 61.8 Å². The number of hydrogen-bond donors (Lipinski definition) is 0. The van der Waals surface area contributed by atoms with Crippen LogP contribution in [0.25, 0.3) is 0 Å². The molecule has 3 aromatic carbocycles. The van der Waals surface area contributed by atoms with Crippen molar-refractivity contribution >= 4 is 11.6 Å². The molecule has 1 nitrogen and oxygen atoms in total. The van der Waals surface area contributed by atoms with Crippen LogP contribution in [0, 0.1) is 11.7 Å². The molecular weight excluding hydrogens is 390 g/mol. The highest BCUT2D eigenvalue weighted by molar-refractivity contribution is 6.30. The lowest BCUT2D eigenvalue weighted by atomic mass is 9.87. The molecule has 0 N–H and O–H groups in total. The van der Waals surface area contributed by atoms with E-state index >= 15 is 0 Å². The van der Waals surface area contributed by atoms with Gasteiger partial charge in [0, 0.05) is 17.4 Å². The number of para-hydroxylation sites is 1. The smallest absolute Gasteiger partial charge is 0.165 e. The molecule has 0 saturated heterocycles. The summed E-state index contributed by atoms with van der Waals surface area (Å²) in [5, 5.41) is 0.651. The zero-order chi connectivity index (χ0) is 20.8. The van der Waals surface area contributed by atoms with Crippen LogP contribution in [0.1, 0.15) is 30.9 Å². The van der Waals surface area contributed by atoms with Gasteiger partial charge in [-0.25, -0.2) is 8.78 Å². The van der Waals surface area contributed by atoms with E-state index in [9.17, 15) is 8.78 Å². The van der Waals surface area contributed by atoms with Crippen LogP contribution in [0.4, 0.5) is 8.78 Å². The molecule has 3 rings (SSSR count). The van der Waals surface area contributed by atoms with E-state index in [1.54, 1.807) is 30.3 Å². The fraction of sp³-hybridized carbons (Fsp3) is 0.200. The minimum atomic E-state index is -0.483. The van der Waals surface area contributed by atoms with Crippen LogP contribution < -0.4 is 4.74 Å². The average Bonchev–Trinajstić information content (AvgIpc) is 2.70. The second-order valence-electron chi connectivity index (χ2n) is 7.29. The molecular formula is C25H23ClF2O. The Balaban J connectivity index is 1.79. The molecule has 0 radical (unpaired) electrons. The first-order valence-corrected chi connectivity index (χ1v) is 9.93. The highest BCUT2D eigenvalue weighted by Gasteiger charge is 2.15. The second kappa shape index (κ2) is 9.71. The van der Waals surface area contributed by atoms with Gasteiger partial charge in [-0.3, -0.25) is 0 Å². The minimum Gasteiger partial charge on any atom is -0.454 e. The van der Waals surface area contributed by atoms with Gasteiger partial charge >= 0.3 is 0 Å². The maximum absolute atomic E-state index is 14.8. The third-order valence-corrected chi connectivity index (χ3v) is 4.93. The van der Waals surface area contributed by atoms with E-state index in [-0.39, 0.29) is 29.8 Å². The van der Waals surface area contributed by atoms with E-state index < -0.39 is 5.82 Å². The molecule has 0 spiro atoms. The van der Waals surface area contributed by atoms with Crippen molar-refractivity contribution < 1.29 is 13.5 Å². The lowest BCUT2D eigenvalue weighted by Gasteiger charge is -2.18. The van der Waals surface area contributed by atoms with Crippen molar-refractivity contribution in [1.82, 2.24) is 0 Å². The lowest BCUT2D eigenvalue weighted by Crippen LogP contribution is -2.05. The topological polar surface area (TPSA) is 9.23 Å². The van der Waals surface area contributed by atoms with Gasteiger partial charge in [0.2, 0.25) is 0 Å². The summed E-state index contributed by atoms with van der Waals surface area (Å²) >= 11 is 5.96. The van der Waals surface area contributed by atoms with Gasteiger partial charge in [-0.15, -0.1) is 0 Å². The molecule has 150 valence electrons. The predicted octanol–water partition coefficient (Wildman–Crippen LogP) is 8.11. The monoisotopic (exact) mass is 412 g/mol. The first kappa shape index (κ1) is 21.1. The Morgan fingerprint density at radius 1 is 1.00 bits per heavy atom. The van der Waals surface area contributed by atoms with E-state index in [1.165, 1.54) is 6.07 Å². The fourth-order valence-electron chi connectivity index (χ4n) is 3.16. The summed E-state index contributed by atoms with van der Waals surface area (Å²) in [5.41, 5.74) is 1.65. The van der Waals surface area contributed by atoms with Crippen molar-refractivity contribution in [3.8, 4) is 11.5 Å². The quantitative estimate of drug-likeness (QED) is 0.380. The van der Waals surface area contributed by atoms with Crippen LogP contribution in [0.3, 0.4) is 0 Å². The first-order chi connectivity index (χ1) is 13.9. The molecule has 29 heavy (non-hydrogen) atoms. The van der Waals surface area contributed by atoms with E-state index in [4.69, 9.17) is 16.3 Å². The Morgan fingerprint density at radius 3 is 2.34 bits per heavy atom. The van der Waals surface area contributed by atoms with Crippen molar-refractivity contribution in [1.29, 1.82) is 0 Å². The minimum absolute atomic E-state index is 0.0717. The normalized spacial score (nSPS) is 12.8. The Kier molecular flexibility index (Phi) is 7.05. The zero-order valence-corrected chi connectivity index (χ0v) is 17.2. The molecule has 3 aromatic rings. The molecule has 0 fully saturated rings. The van der Waals surface area contributed by atoms with Gasteiger partial charge in [-0.05, 0) is 59.5 Å². The number of ether oxygens (including phenoxy) is 1. The Hall–Kier alpha value is -2.65. The molecule has 0 aromatic heterocycles. The maximum atomic E-state index is 14.8.